The summed E-state index contributed by atoms with van der Waals surface area (Å²) < 4.78 is 18.7. The van der Waals surface area contributed by atoms with Gasteiger partial charge in [0.25, 0.3) is 5.91 Å². The number of benzene rings is 1. The SMILES string of the molecule is O=C(c1ccc(F)cc1Br)N1CCCOCC1. The molecule has 0 unspecified atom stereocenters. The summed E-state index contributed by atoms with van der Waals surface area (Å²) >= 11 is 3.22. The van der Waals surface area contributed by atoms with E-state index in [4.69, 9.17) is 4.74 Å². The highest BCUT2D eigenvalue weighted by Crippen LogP contribution is 2.20. The van der Waals surface area contributed by atoms with Crippen LogP contribution in [0.25, 0.3) is 0 Å². The smallest absolute Gasteiger partial charge is 0.255 e. The van der Waals surface area contributed by atoms with E-state index < -0.39 is 0 Å². The van der Waals surface area contributed by atoms with Crippen molar-refractivity contribution in [3.63, 3.8) is 0 Å². The summed E-state index contributed by atoms with van der Waals surface area (Å²) in [6.07, 6.45) is 0.838. The molecule has 0 spiro atoms. The maximum absolute atomic E-state index is 12.9. The fourth-order valence-corrected chi connectivity index (χ4v) is 2.30. The van der Waals surface area contributed by atoms with Gasteiger partial charge in [-0.05, 0) is 40.5 Å². The molecule has 1 saturated heterocycles. The van der Waals surface area contributed by atoms with Crippen molar-refractivity contribution in [1.29, 1.82) is 0 Å². The van der Waals surface area contributed by atoms with Crippen molar-refractivity contribution in [2.45, 2.75) is 6.42 Å². The maximum atomic E-state index is 12.9. The van der Waals surface area contributed by atoms with Crippen LogP contribution in [0.4, 0.5) is 4.39 Å². The van der Waals surface area contributed by atoms with Gasteiger partial charge >= 0.3 is 0 Å². The van der Waals surface area contributed by atoms with Gasteiger partial charge in [-0.2, -0.15) is 0 Å². The normalized spacial score (nSPS) is 16.7. The van der Waals surface area contributed by atoms with Gasteiger partial charge in [0, 0.05) is 24.2 Å². The number of hydrogen-bond donors (Lipinski definition) is 0. The predicted octanol–water partition coefficient (Wildman–Crippen LogP) is 2.45. The standard InChI is InChI=1S/C12H13BrFNO2/c13-11-8-9(14)2-3-10(11)12(16)15-4-1-6-17-7-5-15/h2-3,8H,1,4-7H2. The maximum Gasteiger partial charge on any atom is 0.255 e. The highest BCUT2D eigenvalue weighted by Gasteiger charge is 2.19. The minimum Gasteiger partial charge on any atom is -0.380 e. The molecule has 1 aliphatic rings. The molecule has 1 amide bonds. The van der Waals surface area contributed by atoms with Crippen LogP contribution in [0.1, 0.15) is 16.8 Å². The summed E-state index contributed by atoms with van der Waals surface area (Å²) in [4.78, 5) is 13.9. The van der Waals surface area contributed by atoms with E-state index in [0.717, 1.165) is 6.42 Å². The van der Waals surface area contributed by atoms with Crippen LogP contribution in [-0.2, 0) is 4.74 Å². The Bertz CT molecular complexity index is 417. The second-order valence-corrected chi connectivity index (χ2v) is 4.74. The van der Waals surface area contributed by atoms with E-state index in [9.17, 15) is 9.18 Å². The number of ether oxygens (including phenoxy) is 1. The molecule has 0 atom stereocenters. The van der Waals surface area contributed by atoms with Crippen molar-refractivity contribution in [3.8, 4) is 0 Å². The Balaban J connectivity index is 2.17. The van der Waals surface area contributed by atoms with Gasteiger partial charge in [-0.3, -0.25) is 4.79 Å². The first kappa shape index (κ1) is 12.5. The van der Waals surface area contributed by atoms with Crippen LogP contribution in [0.2, 0.25) is 0 Å². The largest absolute Gasteiger partial charge is 0.380 e. The molecular formula is C12H13BrFNO2. The summed E-state index contributed by atoms with van der Waals surface area (Å²) in [5.74, 6) is -0.435. The van der Waals surface area contributed by atoms with E-state index >= 15 is 0 Å². The molecule has 1 heterocycles. The topological polar surface area (TPSA) is 29.5 Å². The Morgan fingerprint density at radius 3 is 2.94 bits per heavy atom. The first-order valence-electron chi connectivity index (χ1n) is 5.50. The molecule has 1 aromatic carbocycles. The quantitative estimate of drug-likeness (QED) is 0.797. The van der Waals surface area contributed by atoms with E-state index in [1.54, 1.807) is 4.90 Å². The monoisotopic (exact) mass is 301 g/mol. The Morgan fingerprint density at radius 1 is 1.35 bits per heavy atom. The van der Waals surface area contributed by atoms with Gasteiger partial charge in [0.05, 0.1) is 12.2 Å². The van der Waals surface area contributed by atoms with E-state index in [2.05, 4.69) is 15.9 Å². The number of rotatable bonds is 1. The number of amides is 1. The summed E-state index contributed by atoms with van der Waals surface area (Å²) in [6.45, 7) is 2.52. The molecule has 2 rings (SSSR count). The summed E-state index contributed by atoms with van der Waals surface area (Å²) in [5, 5.41) is 0. The molecule has 1 fully saturated rings. The fraction of sp³-hybridized carbons (Fsp3) is 0.417. The van der Waals surface area contributed by atoms with Crippen LogP contribution in [0, 0.1) is 5.82 Å². The van der Waals surface area contributed by atoms with Crippen LogP contribution in [0.5, 0.6) is 0 Å². The predicted molar refractivity (Wildman–Crippen MR) is 65.4 cm³/mol. The molecular weight excluding hydrogens is 289 g/mol. The highest BCUT2D eigenvalue weighted by atomic mass is 79.9. The zero-order valence-electron chi connectivity index (χ0n) is 9.29. The number of halogens is 2. The van der Waals surface area contributed by atoms with Crippen molar-refractivity contribution in [3.05, 3.63) is 34.1 Å². The van der Waals surface area contributed by atoms with Crippen molar-refractivity contribution < 1.29 is 13.9 Å². The molecule has 5 heteroatoms. The second-order valence-electron chi connectivity index (χ2n) is 3.88. The first-order valence-corrected chi connectivity index (χ1v) is 6.30. The molecule has 0 aliphatic carbocycles. The molecule has 0 radical (unpaired) electrons. The lowest BCUT2D eigenvalue weighted by Gasteiger charge is -2.20. The van der Waals surface area contributed by atoms with Gasteiger partial charge in [0.15, 0.2) is 0 Å². The average molecular weight is 302 g/mol. The average Bonchev–Trinajstić information content (AvgIpc) is 2.56. The van der Waals surface area contributed by atoms with Gasteiger partial charge in [-0.15, -0.1) is 0 Å². The van der Waals surface area contributed by atoms with E-state index in [1.165, 1.54) is 18.2 Å². The molecule has 0 bridgehead atoms. The Morgan fingerprint density at radius 2 is 2.18 bits per heavy atom. The minimum absolute atomic E-state index is 0.0811. The fourth-order valence-electron chi connectivity index (χ4n) is 1.78. The third-order valence-electron chi connectivity index (χ3n) is 2.67. The van der Waals surface area contributed by atoms with Crippen LogP contribution in [0.3, 0.4) is 0 Å². The molecule has 17 heavy (non-hydrogen) atoms. The lowest BCUT2D eigenvalue weighted by Crippen LogP contribution is -2.33. The van der Waals surface area contributed by atoms with Gasteiger partial charge in [-0.1, -0.05) is 0 Å². The van der Waals surface area contributed by atoms with Crippen LogP contribution in [-0.4, -0.2) is 37.1 Å². The molecule has 0 N–H and O–H groups in total. The number of nitrogens with zero attached hydrogens (tertiary/aromatic N) is 1. The molecule has 1 aliphatic heterocycles. The summed E-state index contributed by atoms with van der Waals surface area (Å²) in [6, 6.07) is 4.11. The molecule has 92 valence electrons. The first-order chi connectivity index (χ1) is 8.18. The Kier molecular flexibility index (Phi) is 4.12. The van der Waals surface area contributed by atoms with Crippen molar-refractivity contribution in [1.82, 2.24) is 4.90 Å². The van der Waals surface area contributed by atoms with Gasteiger partial charge < -0.3 is 9.64 Å². The Hall–Kier alpha value is -0.940. The van der Waals surface area contributed by atoms with E-state index in [0.29, 0.717) is 36.3 Å². The summed E-state index contributed by atoms with van der Waals surface area (Å²) in [7, 11) is 0. The van der Waals surface area contributed by atoms with E-state index in [1.807, 2.05) is 0 Å². The van der Waals surface area contributed by atoms with Crippen molar-refractivity contribution in [2.75, 3.05) is 26.3 Å². The van der Waals surface area contributed by atoms with Gasteiger partial charge in [0.2, 0.25) is 0 Å². The van der Waals surface area contributed by atoms with E-state index in [-0.39, 0.29) is 11.7 Å². The van der Waals surface area contributed by atoms with Crippen molar-refractivity contribution >= 4 is 21.8 Å². The van der Waals surface area contributed by atoms with Crippen molar-refractivity contribution in [2.24, 2.45) is 0 Å². The van der Waals surface area contributed by atoms with Crippen LogP contribution >= 0.6 is 15.9 Å². The van der Waals surface area contributed by atoms with Gasteiger partial charge in [-0.25, -0.2) is 4.39 Å². The zero-order chi connectivity index (χ0) is 12.3. The van der Waals surface area contributed by atoms with Crippen LogP contribution < -0.4 is 0 Å². The minimum atomic E-state index is -0.354. The number of hydrogen-bond acceptors (Lipinski definition) is 2. The number of carbonyl (C=O) groups is 1. The van der Waals surface area contributed by atoms with Crippen LogP contribution in [0.15, 0.2) is 22.7 Å². The zero-order valence-corrected chi connectivity index (χ0v) is 10.9. The lowest BCUT2D eigenvalue weighted by molar-refractivity contribution is 0.0740. The molecule has 1 aromatic rings. The molecule has 3 nitrogen and oxygen atoms in total. The number of carbonyl (C=O) groups excluding carboxylic acids is 1. The summed E-state index contributed by atoms with van der Waals surface area (Å²) in [5.41, 5.74) is 0.494. The third-order valence-corrected chi connectivity index (χ3v) is 3.33. The third kappa shape index (κ3) is 3.04. The lowest BCUT2D eigenvalue weighted by atomic mass is 10.2. The second kappa shape index (κ2) is 5.60. The molecule has 0 saturated carbocycles. The Labute approximate surface area is 108 Å². The van der Waals surface area contributed by atoms with Gasteiger partial charge in [0.1, 0.15) is 5.82 Å². The highest BCUT2D eigenvalue weighted by molar-refractivity contribution is 9.10. The molecule has 0 aromatic heterocycles.